The van der Waals surface area contributed by atoms with Crippen LogP contribution in [0.1, 0.15) is 29.5 Å². The Kier molecular flexibility index (Phi) is 3.74. The molecule has 1 fully saturated rings. The number of allylic oxidation sites excluding steroid dienone is 1. The van der Waals surface area contributed by atoms with Crippen molar-refractivity contribution in [2.24, 2.45) is 11.8 Å². The highest BCUT2D eigenvalue weighted by Gasteiger charge is 2.39. The average molecular weight is 318 g/mol. The van der Waals surface area contributed by atoms with Crippen molar-refractivity contribution in [3.63, 3.8) is 0 Å². The first-order valence-corrected chi connectivity index (χ1v) is 8.63. The van der Waals surface area contributed by atoms with Gasteiger partial charge in [0, 0.05) is 29.5 Å². The molecule has 0 heterocycles. The first-order chi connectivity index (χ1) is 10.5. The molecule has 0 saturated heterocycles. The molecule has 0 radical (unpaired) electrons. The van der Waals surface area contributed by atoms with Gasteiger partial charge in [0.15, 0.2) is 0 Å². The normalized spacial score (nSPS) is 26.3. The Bertz CT molecular complexity index is 768. The van der Waals surface area contributed by atoms with Crippen LogP contribution in [0.3, 0.4) is 0 Å². The van der Waals surface area contributed by atoms with E-state index in [1.54, 1.807) is 13.0 Å². The van der Waals surface area contributed by atoms with E-state index in [1.165, 1.54) is 6.07 Å². The first kappa shape index (κ1) is 15.1. The SMILES string of the molecule is Cc1ccc(S(=O)(=O)OC2CC3C=CC2C3)c(C=N)c1C=N. The van der Waals surface area contributed by atoms with E-state index < -0.39 is 10.1 Å². The summed E-state index contributed by atoms with van der Waals surface area (Å²) in [4.78, 5) is -0.0293. The smallest absolute Gasteiger partial charge is 0.297 e. The second kappa shape index (κ2) is 5.44. The Hall–Kier alpha value is -1.79. The molecule has 2 N–H and O–H groups in total. The van der Waals surface area contributed by atoms with Crippen molar-refractivity contribution in [2.75, 3.05) is 0 Å². The van der Waals surface area contributed by atoms with E-state index in [2.05, 4.69) is 6.08 Å². The van der Waals surface area contributed by atoms with E-state index in [-0.39, 0.29) is 22.5 Å². The van der Waals surface area contributed by atoms with Crippen LogP contribution in [0, 0.1) is 29.6 Å². The maximum atomic E-state index is 12.6. The molecule has 2 bridgehead atoms. The molecule has 0 aliphatic heterocycles. The zero-order chi connectivity index (χ0) is 15.9. The standard InChI is InChI=1S/C16H18N2O3S/c1-10-2-5-16(14(9-18)13(10)8-17)22(19,20)21-15-7-11-3-4-12(15)6-11/h2-5,8-9,11-12,15,17-18H,6-7H2,1H3. The van der Waals surface area contributed by atoms with E-state index in [1.807, 2.05) is 6.08 Å². The Morgan fingerprint density at radius 1 is 1.14 bits per heavy atom. The Morgan fingerprint density at radius 2 is 1.86 bits per heavy atom. The van der Waals surface area contributed by atoms with Crippen molar-refractivity contribution < 1.29 is 12.6 Å². The van der Waals surface area contributed by atoms with Crippen LogP contribution in [0.15, 0.2) is 29.2 Å². The molecule has 3 unspecified atom stereocenters. The highest BCUT2D eigenvalue weighted by Crippen LogP contribution is 2.42. The topological polar surface area (TPSA) is 91.1 Å². The molecule has 0 aromatic heterocycles. The lowest BCUT2D eigenvalue weighted by Gasteiger charge is -2.19. The number of hydrogen-bond donors (Lipinski definition) is 2. The maximum absolute atomic E-state index is 12.6. The van der Waals surface area contributed by atoms with Crippen LogP contribution >= 0.6 is 0 Å². The third-order valence-corrected chi connectivity index (χ3v) is 5.89. The van der Waals surface area contributed by atoms with Gasteiger partial charge in [0.2, 0.25) is 0 Å². The van der Waals surface area contributed by atoms with Crippen molar-refractivity contribution in [3.8, 4) is 0 Å². The Balaban J connectivity index is 1.97. The highest BCUT2D eigenvalue weighted by atomic mass is 32.2. The average Bonchev–Trinajstić information content (AvgIpc) is 3.08. The van der Waals surface area contributed by atoms with Crippen molar-refractivity contribution in [3.05, 3.63) is 41.0 Å². The van der Waals surface area contributed by atoms with Crippen LogP contribution < -0.4 is 0 Å². The minimum Gasteiger partial charge on any atom is -0.308 e. The van der Waals surface area contributed by atoms with Crippen molar-refractivity contribution >= 4 is 22.5 Å². The minimum atomic E-state index is -3.95. The molecular weight excluding hydrogens is 300 g/mol. The fourth-order valence-electron chi connectivity index (χ4n) is 3.34. The second-order valence-corrected chi connectivity index (χ2v) is 7.41. The van der Waals surface area contributed by atoms with Crippen LogP contribution in [0.4, 0.5) is 0 Å². The second-order valence-electron chi connectivity index (χ2n) is 5.87. The largest absolute Gasteiger partial charge is 0.308 e. The lowest BCUT2D eigenvalue weighted by molar-refractivity contribution is 0.182. The summed E-state index contributed by atoms with van der Waals surface area (Å²) in [5, 5.41) is 15.0. The molecule has 1 saturated carbocycles. The summed E-state index contributed by atoms with van der Waals surface area (Å²) in [6.07, 6.45) is 7.58. The maximum Gasteiger partial charge on any atom is 0.297 e. The fourth-order valence-corrected chi connectivity index (χ4v) is 4.66. The van der Waals surface area contributed by atoms with Crippen LogP contribution in [-0.4, -0.2) is 27.0 Å². The molecular formula is C16H18N2O3S. The Morgan fingerprint density at radius 3 is 2.41 bits per heavy atom. The van der Waals surface area contributed by atoms with Gasteiger partial charge in [-0.05, 0) is 37.3 Å². The third kappa shape index (κ3) is 2.42. The number of rotatable bonds is 5. The molecule has 1 aromatic rings. The van der Waals surface area contributed by atoms with E-state index in [9.17, 15) is 8.42 Å². The van der Waals surface area contributed by atoms with E-state index in [4.69, 9.17) is 15.0 Å². The van der Waals surface area contributed by atoms with Gasteiger partial charge >= 0.3 is 0 Å². The lowest BCUT2D eigenvalue weighted by Crippen LogP contribution is -2.23. The highest BCUT2D eigenvalue weighted by molar-refractivity contribution is 7.86. The predicted molar refractivity (Wildman–Crippen MR) is 84.4 cm³/mol. The molecule has 3 rings (SSSR count). The molecule has 22 heavy (non-hydrogen) atoms. The number of aryl methyl sites for hydroxylation is 1. The van der Waals surface area contributed by atoms with Crippen LogP contribution in [0.25, 0.3) is 0 Å². The molecule has 116 valence electrons. The van der Waals surface area contributed by atoms with E-state index >= 15 is 0 Å². The molecule has 6 heteroatoms. The summed E-state index contributed by atoms with van der Waals surface area (Å²) in [7, 11) is -3.95. The summed E-state index contributed by atoms with van der Waals surface area (Å²) in [6, 6.07) is 3.10. The van der Waals surface area contributed by atoms with Gasteiger partial charge in [-0.1, -0.05) is 18.2 Å². The zero-order valence-electron chi connectivity index (χ0n) is 12.2. The van der Waals surface area contributed by atoms with Crippen LogP contribution in [0.5, 0.6) is 0 Å². The summed E-state index contributed by atoms with van der Waals surface area (Å²) in [6.45, 7) is 1.78. The first-order valence-electron chi connectivity index (χ1n) is 7.22. The quantitative estimate of drug-likeness (QED) is 0.497. The number of fused-ring (bicyclic) bond motifs is 2. The van der Waals surface area contributed by atoms with Crippen LogP contribution in [0.2, 0.25) is 0 Å². The number of nitrogens with one attached hydrogen (secondary N) is 2. The van der Waals surface area contributed by atoms with Gasteiger partial charge in [-0.2, -0.15) is 8.42 Å². The van der Waals surface area contributed by atoms with Crippen molar-refractivity contribution in [1.82, 2.24) is 0 Å². The number of hydrogen-bond acceptors (Lipinski definition) is 5. The van der Waals surface area contributed by atoms with Gasteiger partial charge < -0.3 is 10.8 Å². The third-order valence-electron chi connectivity index (χ3n) is 4.49. The summed E-state index contributed by atoms with van der Waals surface area (Å²) >= 11 is 0. The molecule has 3 atom stereocenters. The lowest BCUT2D eigenvalue weighted by atomic mass is 10.0. The summed E-state index contributed by atoms with van der Waals surface area (Å²) in [5.41, 5.74) is 1.41. The van der Waals surface area contributed by atoms with Gasteiger partial charge in [0.25, 0.3) is 10.1 Å². The molecule has 1 aromatic carbocycles. The molecule has 0 amide bonds. The monoisotopic (exact) mass is 318 g/mol. The summed E-state index contributed by atoms with van der Waals surface area (Å²) < 4.78 is 30.6. The predicted octanol–water partition coefficient (Wildman–Crippen LogP) is 2.66. The molecule has 2 aliphatic carbocycles. The van der Waals surface area contributed by atoms with Gasteiger partial charge in [0.05, 0.1) is 6.10 Å². The molecule has 5 nitrogen and oxygen atoms in total. The number of benzene rings is 1. The van der Waals surface area contributed by atoms with Gasteiger partial charge in [-0.25, -0.2) is 0 Å². The fraction of sp³-hybridized carbons (Fsp3) is 0.375. The molecule has 0 spiro atoms. The Labute approximate surface area is 130 Å². The van der Waals surface area contributed by atoms with E-state index in [0.717, 1.165) is 30.8 Å². The van der Waals surface area contributed by atoms with Gasteiger partial charge in [-0.3, -0.25) is 4.18 Å². The zero-order valence-corrected chi connectivity index (χ0v) is 13.1. The minimum absolute atomic E-state index is 0.0293. The van der Waals surface area contributed by atoms with Gasteiger partial charge in [-0.15, -0.1) is 0 Å². The summed E-state index contributed by atoms with van der Waals surface area (Å²) in [5.74, 6) is 0.582. The van der Waals surface area contributed by atoms with Crippen molar-refractivity contribution in [1.29, 1.82) is 10.8 Å². The van der Waals surface area contributed by atoms with Crippen LogP contribution in [-0.2, 0) is 14.3 Å². The van der Waals surface area contributed by atoms with Crippen molar-refractivity contribution in [2.45, 2.75) is 30.8 Å². The van der Waals surface area contributed by atoms with Gasteiger partial charge in [0.1, 0.15) is 4.90 Å². The van der Waals surface area contributed by atoms with E-state index in [0.29, 0.717) is 11.5 Å². The molecule has 2 aliphatic rings.